The monoisotopic (exact) mass is 458 g/mol. The van der Waals surface area contributed by atoms with Crippen LogP contribution in [0.3, 0.4) is 0 Å². The van der Waals surface area contributed by atoms with Crippen molar-refractivity contribution in [1.29, 1.82) is 0 Å². The van der Waals surface area contributed by atoms with Gasteiger partial charge in [0, 0.05) is 28.2 Å². The molecule has 4 rings (SSSR count). The van der Waals surface area contributed by atoms with Crippen LogP contribution < -0.4 is 16.4 Å². The van der Waals surface area contributed by atoms with Crippen molar-refractivity contribution in [3.8, 4) is 0 Å². The van der Waals surface area contributed by atoms with Crippen LogP contribution in [0.5, 0.6) is 0 Å². The van der Waals surface area contributed by atoms with Crippen molar-refractivity contribution in [2.45, 2.75) is 19.9 Å². The number of hydrogen-bond donors (Lipinski definition) is 5. The summed E-state index contributed by atoms with van der Waals surface area (Å²) in [7, 11) is 0. The first-order chi connectivity index (χ1) is 16.2. The molecule has 0 aliphatic carbocycles. The Labute approximate surface area is 194 Å². The molecular formula is C25H22N4O5. The summed E-state index contributed by atoms with van der Waals surface area (Å²) in [6.45, 7) is 3.30. The highest BCUT2D eigenvalue weighted by atomic mass is 16.4. The highest BCUT2D eigenvalue weighted by Crippen LogP contribution is 2.35. The van der Waals surface area contributed by atoms with E-state index in [1.165, 1.54) is 6.07 Å². The first-order valence-electron chi connectivity index (χ1n) is 10.4. The molecule has 3 aromatic rings. The quantitative estimate of drug-likeness (QED) is 0.359. The van der Waals surface area contributed by atoms with E-state index in [-0.39, 0.29) is 22.6 Å². The molecule has 0 saturated carbocycles. The minimum atomic E-state index is -1.06. The maximum Gasteiger partial charge on any atom is 0.337 e. The zero-order valence-electron chi connectivity index (χ0n) is 18.4. The first kappa shape index (κ1) is 22.5. The molecule has 0 fully saturated rings. The number of carbonyl (C=O) groups is 4. The Morgan fingerprint density at radius 2 is 1.79 bits per heavy atom. The van der Waals surface area contributed by atoms with Crippen LogP contribution in [0, 0.1) is 13.8 Å². The summed E-state index contributed by atoms with van der Waals surface area (Å²) in [4.78, 5) is 52.1. The molecule has 1 aliphatic rings. The molecule has 34 heavy (non-hydrogen) atoms. The molecule has 0 spiro atoms. The summed E-state index contributed by atoms with van der Waals surface area (Å²) >= 11 is 0. The number of aryl methyl sites for hydroxylation is 1. The van der Waals surface area contributed by atoms with E-state index in [1.54, 1.807) is 62.4 Å². The summed E-state index contributed by atoms with van der Waals surface area (Å²) in [5.74, 6) is -2.68. The second kappa shape index (κ2) is 8.70. The fourth-order valence-corrected chi connectivity index (χ4v) is 4.03. The van der Waals surface area contributed by atoms with Gasteiger partial charge in [-0.1, -0.05) is 30.3 Å². The van der Waals surface area contributed by atoms with E-state index in [0.717, 1.165) is 0 Å². The van der Waals surface area contributed by atoms with E-state index >= 15 is 0 Å². The molecule has 172 valence electrons. The van der Waals surface area contributed by atoms with Gasteiger partial charge in [0.2, 0.25) is 5.91 Å². The van der Waals surface area contributed by atoms with Crippen molar-refractivity contribution >= 4 is 41.0 Å². The van der Waals surface area contributed by atoms with Gasteiger partial charge in [-0.3, -0.25) is 14.4 Å². The number of carbonyl (C=O) groups excluding carboxylic acids is 3. The number of hydrogen-bond acceptors (Lipinski definition) is 4. The lowest BCUT2D eigenvalue weighted by molar-refractivity contribution is -0.120. The van der Waals surface area contributed by atoms with Crippen molar-refractivity contribution < 1.29 is 24.3 Å². The molecule has 2 aromatic carbocycles. The average Bonchev–Trinajstić information content (AvgIpc) is 3.26. The van der Waals surface area contributed by atoms with Gasteiger partial charge in [-0.15, -0.1) is 0 Å². The summed E-state index contributed by atoms with van der Waals surface area (Å²) in [6.07, 6.45) is 1.56. The van der Waals surface area contributed by atoms with Crippen LogP contribution in [0.25, 0.3) is 11.6 Å². The third-order valence-corrected chi connectivity index (χ3v) is 5.74. The lowest BCUT2D eigenvalue weighted by Gasteiger charge is -2.16. The molecule has 3 amide bonds. The average molecular weight is 458 g/mol. The number of fused-ring (bicyclic) bond motifs is 1. The lowest BCUT2D eigenvalue weighted by Crippen LogP contribution is -2.37. The predicted octanol–water partition coefficient (Wildman–Crippen LogP) is 2.78. The number of rotatable bonds is 6. The topological polar surface area (TPSA) is 154 Å². The minimum Gasteiger partial charge on any atom is -0.478 e. The number of benzene rings is 2. The zero-order valence-corrected chi connectivity index (χ0v) is 18.4. The van der Waals surface area contributed by atoms with Crippen LogP contribution in [0.1, 0.15) is 54.8 Å². The fourth-order valence-electron chi connectivity index (χ4n) is 4.03. The van der Waals surface area contributed by atoms with Crippen LogP contribution >= 0.6 is 0 Å². The van der Waals surface area contributed by atoms with Crippen molar-refractivity contribution in [2.24, 2.45) is 5.73 Å². The van der Waals surface area contributed by atoms with Crippen molar-refractivity contribution in [2.75, 3.05) is 5.32 Å². The number of nitrogens with one attached hydrogen (secondary N) is 3. The number of anilines is 1. The number of H-pyrrole nitrogens is 1. The van der Waals surface area contributed by atoms with Crippen molar-refractivity contribution in [3.05, 3.63) is 87.7 Å². The van der Waals surface area contributed by atoms with Crippen LogP contribution in [0.15, 0.2) is 48.5 Å². The number of aromatic amines is 1. The maximum absolute atomic E-state index is 12.9. The smallest absolute Gasteiger partial charge is 0.337 e. The number of carboxylic acid groups (broad SMARTS) is 1. The van der Waals surface area contributed by atoms with Gasteiger partial charge in [-0.05, 0) is 49.2 Å². The van der Waals surface area contributed by atoms with E-state index in [1.807, 2.05) is 0 Å². The Bertz CT molecular complexity index is 1370. The van der Waals surface area contributed by atoms with Crippen LogP contribution in [0.4, 0.5) is 5.69 Å². The molecular weight excluding hydrogens is 436 g/mol. The number of aromatic nitrogens is 1. The highest BCUT2D eigenvalue weighted by molar-refractivity contribution is 6.35. The Kier molecular flexibility index (Phi) is 5.77. The molecule has 1 aliphatic heterocycles. The summed E-state index contributed by atoms with van der Waals surface area (Å²) in [6, 6.07) is 12.3. The fraction of sp³-hybridized carbons (Fsp3) is 0.120. The summed E-state index contributed by atoms with van der Waals surface area (Å²) < 4.78 is 0. The van der Waals surface area contributed by atoms with E-state index in [4.69, 9.17) is 5.73 Å². The second-order valence-corrected chi connectivity index (χ2v) is 7.96. The summed E-state index contributed by atoms with van der Waals surface area (Å²) in [5, 5.41) is 14.8. The van der Waals surface area contributed by atoms with Crippen LogP contribution in [0.2, 0.25) is 0 Å². The normalized spacial score (nSPS) is 14.4. The predicted molar refractivity (Wildman–Crippen MR) is 126 cm³/mol. The van der Waals surface area contributed by atoms with E-state index in [2.05, 4.69) is 15.6 Å². The van der Waals surface area contributed by atoms with Crippen molar-refractivity contribution in [1.82, 2.24) is 10.3 Å². The van der Waals surface area contributed by atoms with E-state index < -0.39 is 23.8 Å². The molecule has 6 N–H and O–H groups in total. The molecule has 0 bridgehead atoms. The molecule has 0 saturated heterocycles. The molecule has 1 aromatic heterocycles. The molecule has 2 heterocycles. The standard InChI is InChI=1S/C25H22N4O5/c1-12-19(27-13(2)20(12)25(33)34)11-17-16-10-15(8-9-18(16)28-24(17)32)23(31)29-21(22(26)30)14-6-4-3-5-7-14/h3-11,21,27H,1-2H3,(H2,26,30)(H,28,32)(H,29,31)(H,33,34). The highest BCUT2D eigenvalue weighted by Gasteiger charge is 2.28. The number of primary amides is 1. The number of aromatic carboxylic acids is 1. The van der Waals surface area contributed by atoms with Gasteiger partial charge in [0.05, 0.1) is 11.1 Å². The molecule has 9 heteroatoms. The largest absolute Gasteiger partial charge is 0.478 e. The Balaban J connectivity index is 1.68. The lowest BCUT2D eigenvalue weighted by atomic mass is 10.0. The number of carboxylic acids is 1. The van der Waals surface area contributed by atoms with Crippen molar-refractivity contribution in [3.63, 3.8) is 0 Å². The molecule has 1 atom stereocenters. The van der Waals surface area contributed by atoms with Gasteiger partial charge in [0.25, 0.3) is 11.8 Å². The zero-order chi connectivity index (χ0) is 24.6. The van der Waals surface area contributed by atoms with E-state index in [0.29, 0.717) is 33.8 Å². The summed E-state index contributed by atoms with van der Waals surface area (Å²) in [5.41, 5.74) is 9.17. The SMILES string of the molecule is Cc1[nH]c(C=C2C(=O)Nc3ccc(C(=O)NC(C(N)=O)c4ccccc4)cc32)c(C)c1C(=O)O. The van der Waals surface area contributed by atoms with Gasteiger partial charge in [-0.25, -0.2) is 4.79 Å². The second-order valence-electron chi connectivity index (χ2n) is 7.96. The van der Waals surface area contributed by atoms with Gasteiger partial charge in [0.1, 0.15) is 6.04 Å². The molecule has 9 nitrogen and oxygen atoms in total. The molecule has 1 unspecified atom stereocenters. The number of amides is 3. The third kappa shape index (κ3) is 4.06. The van der Waals surface area contributed by atoms with E-state index in [9.17, 15) is 24.3 Å². The molecule has 0 radical (unpaired) electrons. The first-order valence-corrected chi connectivity index (χ1v) is 10.4. The number of nitrogens with two attached hydrogens (primary N) is 1. The maximum atomic E-state index is 12.9. The third-order valence-electron chi connectivity index (χ3n) is 5.74. The Morgan fingerprint density at radius 1 is 1.09 bits per heavy atom. The van der Waals surface area contributed by atoms with Crippen LogP contribution in [-0.2, 0) is 9.59 Å². The minimum absolute atomic E-state index is 0.150. The van der Waals surface area contributed by atoms with Gasteiger partial charge in [0.15, 0.2) is 0 Å². The van der Waals surface area contributed by atoms with Gasteiger partial charge < -0.3 is 26.5 Å². The van der Waals surface area contributed by atoms with Gasteiger partial charge in [-0.2, -0.15) is 0 Å². The van der Waals surface area contributed by atoms with Crippen LogP contribution in [-0.4, -0.2) is 33.8 Å². The Hall–Kier alpha value is -4.66. The Morgan fingerprint density at radius 3 is 2.41 bits per heavy atom. The van der Waals surface area contributed by atoms with Gasteiger partial charge >= 0.3 is 5.97 Å².